The van der Waals surface area contributed by atoms with Crippen LogP contribution in [0.25, 0.3) is 5.65 Å². The van der Waals surface area contributed by atoms with E-state index >= 15 is 0 Å². The minimum absolute atomic E-state index is 0.0300. The predicted octanol–water partition coefficient (Wildman–Crippen LogP) is 2.75. The number of rotatable bonds is 5. The molecule has 0 amide bonds. The number of hydrogen-bond acceptors (Lipinski definition) is 7. The molecule has 0 N–H and O–H groups in total. The largest absolute Gasteiger partial charge is 0.454 e. The van der Waals surface area contributed by atoms with Crippen molar-refractivity contribution in [3.8, 4) is 17.6 Å². The molecule has 4 rings (SSSR count). The highest BCUT2D eigenvalue weighted by molar-refractivity contribution is 6.02. The number of hydrogen-bond donors (Lipinski definition) is 0. The first-order valence-electron chi connectivity index (χ1n) is 8.12. The van der Waals surface area contributed by atoms with Gasteiger partial charge in [-0.15, -0.1) is 10.2 Å². The molecule has 4 heterocycles. The molecular formula is C19H11FN6O2. The Morgan fingerprint density at radius 3 is 2.89 bits per heavy atom. The molecule has 0 aliphatic heterocycles. The van der Waals surface area contributed by atoms with Crippen LogP contribution in [0, 0.1) is 17.1 Å². The molecule has 28 heavy (non-hydrogen) atoms. The summed E-state index contributed by atoms with van der Waals surface area (Å²) in [5.74, 6) is -0.0456. The van der Waals surface area contributed by atoms with Crippen molar-refractivity contribution in [1.29, 1.82) is 5.26 Å². The predicted molar refractivity (Wildman–Crippen MR) is 94.2 cm³/mol. The van der Waals surface area contributed by atoms with Crippen LogP contribution < -0.4 is 4.74 Å². The van der Waals surface area contributed by atoms with Gasteiger partial charge in [0.25, 0.3) is 0 Å². The average molecular weight is 374 g/mol. The summed E-state index contributed by atoms with van der Waals surface area (Å²) in [5, 5.41) is 16.8. The second-order valence-corrected chi connectivity index (χ2v) is 5.84. The van der Waals surface area contributed by atoms with Crippen molar-refractivity contribution in [2.45, 2.75) is 6.42 Å². The Balaban J connectivity index is 1.67. The van der Waals surface area contributed by atoms with Gasteiger partial charge < -0.3 is 4.74 Å². The molecule has 0 fully saturated rings. The van der Waals surface area contributed by atoms with Gasteiger partial charge in [-0.3, -0.25) is 19.2 Å². The van der Waals surface area contributed by atoms with E-state index in [4.69, 9.17) is 10.00 Å². The standard InChI is InChI=1S/C19H11FN6O2/c20-13-1-2-14(23-8-13)4-18(27)17-5-16(10-26-11-24-25-19(17)26)28-15-3-12(6-21)7-22-9-15/h1-3,5,7-11H,4H2. The fraction of sp³-hybridized carbons (Fsp3) is 0.0526. The fourth-order valence-corrected chi connectivity index (χ4v) is 2.61. The van der Waals surface area contributed by atoms with Gasteiger partial charge in [-0.2, -0.15) is 5.26 Å². The van der Waals surface area contributed by atoms with Crippen LogP contribution in [0.1, 0.15) is 21.6 Å². The summed E-state index contributed by atoms with van der Waals surface area (Å²) < 4.78 is 20.3. The third-order valence-electron chi connectivity index (χ3n) is 3.88. The number of Topliss-reactive ketones (excluding diaryl/α,β-unsaturated/α-hetero) is 1. The highest BCUT2D eigenvalue weighted by Crippen LogP contribution is 2.25. The van der Waals surface area contributed by atoms with E-state index in [9.17, 15) is 9.18 Å². The molecule has 4 aromatic heterocycles. The smallest absolute Gasteiger partial charge is 0.172 e. The molecule has 0 bridgehead atoms. The molecule has 8 nitrogen and oxygen atoms in total. The van der Waals surface area contributed by atoms with Gasteiger partial charge in [0, 0.05) is 18.0 Å². The monoisotopic (exact) mass is 374 g/mol. The number of pyridine rings is 3. The number of ether oxygens (including phenoxy) is 1. The molecule has 0 atom stereocenters. The van der Waals surface area contributed by atoms with E-state index < -0.39 is 5.82 Å². The minimum atomic E-state index is -0.473. The van der Waals surface area contributed by atoms with Gasteiger partial charge in [-0.05, 0) is 18.2 Å². The van der Waals surface area contributed by atoms with Crippen molar-refractivity contribution < 1.29 is 13.9 Å². The lowest BCUT2D eigenvalue weighted by Crippen LogP contribution is -2.08. The van der Waals surface area contributed by atoms with Gasteiger partial charge in [-0.1, -0.05) is 0 Å². The van der Waals surface area contributed by atoms with Gasteiger partial charge in [0.2, 0.25) is 0 Å². The van der Waals surface area contributed by atoms with Gasteiger partial charge in [0.1, 0.15) is 29.7 Å². The lowest BCUT2D eigenvalue weighted by molar-refractivity contribution is 0.0992. The number of aromatic nitrogens is 5. The Morgan fingerprint density at radius 1 is 1.21 bits per heavy atom. The van der Waals surface area contributed by atoms with Gasteiger partial charge in [0.05, 0.1) is 36.1 Å². The number of fused-ring (bicyclic) bond motifs is 1. The van der Waals surface area contributed by atoms with E-state index in [-0.39, 0.29) is 17.8 Å². The molecule has 4 aromatic rings. The maximum Gasteiger partial charge on any atom is 0.172 e. The van der Waals surface area contributed by atoms with Crippen molar-refractivity contribution in [1.82, 2.24) is 24.6 Å². The van der Waals surface area contributed by atoms with Crippen LogP contribution in [-0.2, 0) is 6.42 Å². The maximum atomic E-state index is 13.0. The number of halogens is 1. The highest BCUT2D eigenvalue weighted by Gasteiger charge is 2.16. The number of carbonyl (C=O) groups is 1. The third kappa shape index (κ3) is 3.52. The first-order chi connectivity index (χ1) is 13.6. The average Bonchev–Trinajstić information content (AvgIpc) is 3.18. The van der Waals surface area contributed by atoms with Crippen LogP contribution in [0.4, 0.5) is 4.39 Å². The number of nitriles is 1. The third-order valence-corrected chi connectivity index (χ3v) is 3.88. The second kappa shape index (κ2) is 7.20. The summed E-state index contributed by atoms with van der Waals surface area (Å²) in [5.41, 5.74) is 1.43. The molecule has 0 aliphatic carbocycles. The Labute approximate surface area is 157 Å². The summed E-state index contributed by atoms with van der Waals surface area (Å²) in [6.45, 7) is 0. The topological polar surface area (TPSA) is 106 Å². The van der Waals surface area contributed by atoms with Crippen molar-refractivity contribution in [3.63, 3.8) is 0 Å². The Hall–Kier alpha value is -4.19. The summed E-state index contributed by atoms with van der Waals surface area (Å²) in [6.07, 6.45) is 6.96. The van der Waals surface area contributed by atoms with Crippen molar-refractivity contribution >= 4 is 11.4 Å². The summed E-state index contributed by atoms with van der Waals surface area (Å²) in [7, 11) is 0. The van der Waals surface area contributed by atoms with Gasteiger partial charge >= 0.3 is 0 Å². The molecule has 0 saturated heterocycles. The van der Waals surface area contributed by atoms with E-state index in [1.807, 2.05) is 6.07 Å². The lowest BCUT2D eigenvalue weighted by atomic mass is 10.1. The Morgan fingerprint density at radius 2 is 2.11 bits per heavy atom. The Bertz CT molecular complexity index is 1210. The zero-order valence-corrected chi connectivity index (χ0v) is 14.3. The van der Waals surface area contributed by atoms with Gasteiger partial charge in [-0.25, -0.2) is 4.39 Å². The van der Waals surface area contributed by atoms with E-state index in [1.54, 1.807) is 10.6 Å². The summed E-state index contributed by atoms with van der Waals surface area (Å²) in [4.78, 5) is 20.6. The Kier molecular flexibility index (Phi) is 4.43. The quantitative estimate of drug-likeness (QED) is 0.494. The molecule has 0 aromatic carbocycles. The van der Waals surface area contributed by atoms with Crippen LogP contribution >= 0.6 is 0 Å². The zero-order chi connectivity index (χ0) is 19.5. The molecular weight excluding hydrogens is 363 g/mol. The molecule has 136 valence electrons. The van der Waals surface area contributed by atoms with E-state index in [1.165, 1.54) is 43.0 Å². The summed E-state index contributed by atoms with van der Waals surface area (Å²) >= 11 is 0. The van der Waals surface area contributed by atoms with Gasteiger partial charge in [0.15, 0.2) is 11.4 Å². The van der Waals surface area contributed by atoms with E-state index in [2.05, 4.69) is 20.2 Å². The second-order valence-electron chi connectivity index (χ2n) is 5.84. The summed E-state index contributed by atoms with van der Waals surface area (Å²) in [6, 6.07) is 7.75. The molecule has 0 radical (unpaired) electrons. The number of nitrogens with zero attached hydrogens (tertiary/aromatic N) is 6. The molecule has 0 aliphatic rings. The zero-order valence-electron chi connectivity index (χ0n) is 14.3. The first kappa shape index (κ1) is 17.2. The molecule has 0 spiro atoms. The number of carbonyl (C=O) groups excluding carboxylic acids is 1. The first-order valence-corrected chi connectivity index (χ1v) is 8.12. The van der Waals surface area contributed by atoms with Crippen molar-refractivity contribution in [2.75, 3.05) is 0 Å². The van der Waals surface area contributed by atoms with Crippen molar-refractivity contribution in [3.05, 3.63) is 78.0 Å². The van der Waals surface area contributed by atoms with Crippen LogP contribution in [0.3, 0.4) is 0 Å². The number of ketones is 1. The van der Waals surface area contributed by atoms with E-state index in [0.29, 0.717) is 28.4 Å². The lowest BCUT2D eigenvalue weighted by Gasteiger charge is -2.09. The van der Waals surface area contributed by atoms with Crippen LogP contribution in [-0.4, -0.2) is 30.3 Å². The van der Waals surface area contributed by atoms with E-state index in [0.717, 1.165) is 6.20 Å². The maximum absolute atomic E-state index is 13.0. The van der Waals surface area contributed by atoms with Crippen LogP contribution in [0.2, 0.25) is 0 Å². The van der Waals surface area contributed by atoms with Crippen LogP contribution in [0.5, 0.6) is 11.5 Å². The van der Waals surface area contributed by atoms with Crippen molar-refractivity contribution in [2.24, 2.45) is 0 Å². The normalized spacial score (nSPS) is 10.6. The van der Waals surface area contributed by atoms with Crippen LogP contribution in [0.15, 0.2) is 55.4 Å². The molecule has 9 heteroatoms. The highest BCUT2D eigenvalue weighted by atomic mass is 19.1. The fourth-order valence-electron chi connectivity index (χ4n) is 2.61. The SMILES string of the molecule is N#Cc1cncc(Oc2cc(C(=O)Cc3ccc(F)cn3)c3nncn3c2)c1. The molecule has 0 saturated carbocycles. The molecule has 0 unspecified atom stereocenters. The minimum Gasteiger partial charge on any atom is -0.454 e.